The molecule has 2 atom stereocenters. The lowest BCUT2D eigenvalue weighted by molar-refractivity contribution is -0.146. The zero-order valence-corrected chi connectivity index (χ0v) is 20.3. The molecule has 0 aromatic carbocycles. The molecule has 0 radical (unpaired) electrons. The number of rotatable bonds is 8. The first kappa shape index (κ1) is 26.9. The van der Waals surface area contributed by atoms with E-state index in [0.29, 0.717) is 31.8 Å². The van der Waals surface area contributed by atoms with Crippen LogP contribution in [0.5, 0.6) is 0 Å². The Morgan fingerprint density at radius 3 is 2.45 bits per heavy atom. The highest BCUT2D eigenvalue weighted by Crippen LogP contribution is 2.29. The number of nitrogens with two attached hydrogens (primary N) is 1. The van der Waals surface area contributed by atoms with E-state index in [-0.39, 0.29) is 35.6 Å². The molecule has 1 aliphatic heterocycles. The Hall–Kier alpha value is -2.36. The van der Waals surface area contributed by atoms with E-state index in [1.54, 1.807) is 6.92 Å². The number of nitrogens with one attached hydrogen (secondary N) is 1. The molecule has 10 heteroatoms. The maximum Gasteiger partial charge on any atom is 0.535 e. The topological polar surface area (TPSA) is 144 Å². The highest BCUT2D eigenvalue weighted by Gasteiger charge is 2.37. The summed E-state index contributed by atoms with van der Waals surface area (Å²) >= 11 is 0. The third kappa shape index (κ3) is 8.49. The Labute approximate surface area is 196 Å². The highest BCUT2D eigenvalue weighted by molar-refractivity contribution is 5.90. The van der Waals surface area contributed by atoms with Gasteiger partial charge in [-0.15, -0.1) is 0 Å². The van der Waals surface area contributed by atoms with Gasteiger partial charge in [0.15, 0.2) is 0 Å². The van der Waals surface area contributed by atoms with E-state index in [0.717, 1.165) is 32.1 Å². The minimum Gasteiger partial charge on any atom is -0.433 e. The van der Waals surface area contributed by atoms with Crippen LogP contribution in [0, 0.1) is 17.3 Å². The zero-order valence-electron chi connectivity index (χ0n) is 20.3. The first-order chi connectivity index (χ1) is 15.5. The molecule has 2 amide bonds. The van der Waals surface area contributed by atoms with Gasteiger partial charge in [0.1, 0.15) is 18.0 Å². The molecule has 1 saturated heterocycles. The summed E-state index contributed by atoms with van der Waals surface area (Å²) in [5, 5.41) is 17.0. The molecule has 0 aromatic heterocycles. The van der Waals surface area contributed by atoms with E-state index in [2.05, 4.69) is 20.0 Å². The summed E-state index contributed by atoms with van der Waals surface area (Å²) < 4.78 is 4.65. The summed E-state index contributed by atoms with van der Waals surface area (Å²) in [5.41, 5.74) is 5.76. The fraction of sp³-hybridized carbons (Fsp3) is 0.826. The molecule has 1 saturated carbocycles. The van der Waals surface area contributed by atoms with Gasteiger partial charge in [0.25, 0.3) is 5.91 Å². The summed E-state index contributed by atoms with van der Waals surface area (Å²) in [6, 6.07) is -0.522. The Kier molecular flexibility index (Phi) is 9.94. The number of hydrogen-bond acceptors (Lipinski definition) is 7. The van der Waals surface area contributed by atoms with Gasteiger partial charge in [0.2, 0.25) is 5.91 Å². The summed E-state index contributed by atoms with van der Waals surface area (Å²) in [4.78, 5) is 42.9. The maximum absolute atomic E-state index is 12.8. The Morgan fingerprint density at radius 2 is 1.85 bits per heavy atom. The van der Waals surface area contributed by atoms with Crippen molar-refractivity contribution in [3.8, 4) is 0 Å². The van der Waals surface area contributed by atoms with Gasteiger partial charge in [0.05, 0.1) is 6.61 Å². The predicted molar refractivity (Wildman–Crippen MR) is 123 cm³/mol. The number of hydrogen-bond donors (Lipinski definition) is 3. The third-order valence-electron chi connectivity index (χ3n) is 6.25. The number of ether oxygens (including phenoxy) is 1. The Morgan fingerprint density at radius 1 is 1.18 bits per heavy atom. The van der Waals surface area contributed by atoms with Crippen molar-refractivity contribution in [1.82, 2.24) is 10.2 Å². The monoisotopic (exact) mass is 468 g/mol. The van der Waals surface area contributed by atoms with Crippen molar-refractivity contribution in [2.75, 3.05) is 19.7 Å². The first-order valence-electron chi connectivity index (χ1n) is 11.9. The smallest absolute Gasteiger partial charge is 0.433 e. The fourth-order valence-corrected chi connectivity index (χ4v) is 4.50. The highest BCUT2D eigenvalue weighted by atomic mass is 16.8. The molecule has 0 unspecified atom stereocenters. The number of amides is 2. The number of carbonyl (C=O) groups is 3. The zero-order chi connectivity index (χ0) is 24.6. The minimum absolute atomic E-state index is 0.0265. The van der Waals surface area contributed by atoms with Crippen molar-refractivity contribution in [2.45, 2.75) is 84.8 Å². The number of amidine groups is 1. The van der Waals surface area contributed by atoms with E-state index >= 15 is 0 Å². The molecule has 4 N–H and O–H groups in total. The minimum atomic E-state index is -1.09. The largest absolute Gasteiger partial charge is 0.535 e. The number of nitrogens with zero attached hydrogens (tertiary/aromatic N) is 2. The molecule has 0 aromatic rings. The number of carbonyl (C=O) groups excluding carboxylic acids is 3. The molecule has 10 nitrogen and oxygen atoms in total. The van der Waals surface area contributed by atoms with Crippen LogP contribution in [-0.2, 0) is 19.2 Å². The molecule has 2 aliphatic rings. The standard InChI is InChI=1S/C23H40N4O6/c1-5-32-22(31)33-26-19(24)16-10-8-15(9-11-16)14-25-20(29)17-7-6-12-27(17)21(30)18(28)13-23(2,3)4/h15-18,28H,5-14H2,1-4H3,(H2,24,26)(H,25,29)/t15?,16?,17-,18+/m0/s1. The van der Waals surface area contributed by atoms with E-state index in [4.69, 9.17) is 5.73 Å². The number of likely N-dealkylation sites (tertiary alicyclic amines) is 1. The normalized spacial score (nSPS) is 24.8. The lowest BCUT2D eigenvalue weighted by Crippen LogP contribution is -2.50. The SMILES string of the molecule is CCOC(=O)ON=C(N)C1CCC(CNC(=O)[C@@H]2CCCN2C(=O)[C@H](O)CC(C)(C)C)CC1. The van der Waals surface area contributed by atoms with Gasteiger partial charge in [-0.2, -0.15) is 0 Å². The van der Waals surface area contributed by atoms with Crippen LogP contribution in [0.4, 0.5) is 4.79 Å². The molecule has 0 spiro atoms. The fourth-order valence-electron chi connectivity index (χ4n) is 4.50. The van der Waals surface area contributed by atoms with E-state index < -0.39 is 18.3 Å². The summed E-state index contributed by atoms with van der Waals surface area (Å²) in [5.74, 6) is 0.0943. The van der Waals surface area contributed by atoms with Crippen LogP contribution in [-0.4, -0.2) is 65.7 Å². The van der Waals surface area contributed by atoms with Crippen molar-refractivity contribution in [3.05, 3.63) is 0 Å². The summed E-state index contributed by atoms with van der Waals surface area (Å²) in [7, 11) is 0. The molecule has 33 heavy (non-hydrogen) atoms. The van der Waals surface area contributed by atoms with Crippen molar-refractivity contribution in [2.24, 2.45) is 28.1 Å². The molecular formula is C23H40N4O6. The predicted octanol–water partition coefficient (Wildman–Crippen LogP) is 2.14. The average molecular weight is 469 g/mol. The third-order valence-corrected chi connectivity index (χ3v) is 6.25. The van der Waals surface area contributed by atoms with E-state index in [1.165, 1.54) is 4.90 Å². The molecule has 2 rings (SSSR count). The van der Waals surface area contributed by atoms with Gasteiger partial charge in [-0.05, 0) is 63.2 Å². The van der Waals surface area contributed by atoms with Gasteiger partial charge >= 0.3 is 6.16 Å². The van der Waals surface area contributed by atoms with Gasteiger partial charge in [-0.1, -0.05) is 25.9 Å². The van der Waals surface area contributed by atoms with Crippen molar-refractivity contribution in [1.29, 1.82) is 0 Å². The molecule has 0 bridgehead atoms. The number of aliphatic hydroxyl groups excluding tert-OH is 1. The van der Waals surface area contributed by atoms with Gasteiger partial charge < -0.3 is 25.8 Å². The molecular weight excluding hydrogens is 428 g/mol. The lowest BCUT2D eigenvalue weighted by Gasteiger charge is -2.30. The number of aliphatic hydroxyl groups is 1. The second-order valence-corrected chi connectivity index (χ2v) is 10.2. The lowest BCUT2D eigenvalue weighted by atomic mass is 9.81. The first-order valence-corrected chi connectivity index (χ1v) is 11.9. The molecule has 2 fully saturated rings. The Bertz CT molecular complexity index is 712. The van der Waals surface area contributed by atoms with Crippen molar-refractivity contribution >= 4 is 23.8 Å². The van der Waals surface area contributed by atoms with Gasteiger partial charge in [-0.3, -0.25) is 14.4 Å². The molecule has 1 heterocycles. The van der Waals surface area contributed by atoms with Crippen LogP contribution in [0.1, 0.15) is 72.6 Å². The van der Waals surface area contributed by atoms with Crippen molar-refractivity contribution < 1.29 is 29.1 Å². The maximum atomic E-state index is 12.8. The van der Waals surface area contributed by atoms with Crippen LogP contribution < -0.4 is 11.1 Å². The van der Waals surface area contributed by atoms with E-state index in [9.17, 15) is 19.5 Å². The van der Waals surface area contributed by atoms with Gasteiger partial charge in [-0.25, -0.2) is 4.79 Å². The Balaban J connectivity index is 1.78. The van der Waals surface area contributed by atoms with Crippen LogP contribution >= 0.6 is 0 Å². The van der Waals surface area contributed by atoms with Crippen LogP contribution in [0.15, 0.2) is 5.16 Å². The van der Waals surface area contributed by atoms with Crippen LogP contribution in [0.25, 0.3) is 0 Å². The average Bonchev–Trinajstić information content (AvgIpc) is 3.24. The second kappa shape index (κ2) is 12.2. The number of oxime groups is 1. The van der Waals surface area contributed by atoms with E-state index in [1.807, 2.05) is 20.8 Å². The molecule has 188 valence electrons. The van der Waals surface area contributed by atoms with Crippen molar-refractivity contribution in [3.63, 3.8) is 0 Å². The van der Waals surface area contributed by atoms with Gasteiger partial charge in [0, 0.05) is 19.0 Å². The quantitative estimate of drug-likeness (QED) is 0.163. The molecule has 1 aliphatic carbocycles. The second-order valence-electron chi connectivity index (χ2n) is 10.2. The van der Waals surface area contributed by atoms with Crippen LogP contribution in [0.3, 0.4) is 0 Å². The summed E-state index contributed by atoms with van der Waals surface area (Å²) in [6.45, 7) is 8.82. The van der Waals surface area contributed by atoms with Crippen LogP contribution in [0.2, 0.25) is 0 Å². The summed E-state index contributed by atoms with van der Waals surface area (Å²) in [6.07, 6.45) is 3.05.